The molecular formula is C16H31N3O2. The maximum absolute atomic E-state index is 12.5. The molecule has 0 saturated carbocycles. The zero-order chi connectivity index (χ0) is 15.3. The normalized spacial score (nSPS) is 25.2. The smallest absolute Gasteiger partial charge is 0.237 e. The van der Waals surface area contributed by atoms with Crippen molar-refractivity contribution in [1.29, 1.82) is 0 Å². The molecule has 5 nitrogen and oxygen atoms in total. The van der Waals surface area contributed by atoms with Gasteiger partial charge in [-0.15, -0.1) is 0 Å². The molecule has 122 valence electrons. The molecular weight excluding hydrogens is 266 g/mol. The van der Waals surface area contributed by atoms with E-state index in [4.69, 9.17) is 4.74 Å². The minimum Gasteiger partial charge on any atom is -0.374 e. The van der Waals surface area contributed by atoms with Gasteiger partial charge >= 0.3 is 0 Å². The molecule has 2 heterocycles. The molecule has 5 heteroatoms. The van der Waals surface area contributed by atoms with Gasteiger partial charge in [-0.2, -0.15) is 0 Å². The van der Waals surface area contributed by atoms with Gasteiger partial charge in [0.1, 0.15) is 0 Å². The Bertz CT molecular complexity index is 340. The molecule has 2 aliphatic heterocycles. The molecule has 2 N–H and O–H groups in total. The second-order valence-corrected chi connectivity index (χ2v) is 6.79. The van der Waals surface area contributed by atoms with Gasteiger partial charge in [-0.25, -0.2) is 0 Å². The van der Waals surface area contributed by atoms with Gasteiger partial charge in [-0.3, -0.25) is 9.69 Å². The summed E-state index contributed by atoms with van der Waals surface area (Å²) < 4.78 is 5.65. The third-order valence-electron chi connectivity index (χ3n) is 4.60. The van der Waals surface area contributed by atoms with E-state index in [1.54, 1.807) is 0 Å². The average molecular weight is 297 g/mol. The number of carbonyl (C=O) groups excluding carboxylic acids is 1. The number of amides is 1. The van der Waals surface area contributed by atoms with Crippen LogP contribution in [-0.4, -0.2) is 61.3 Å². The van der Waals surface area contributed by atoms with E-state index in [1.165, 1.54) is 0 Å². The van der Waals surface area contributed by atoms with Crippen LogP contribution < -0.4 is 10.6 Å². The van der Waals surface area contributed by atoms with Gasteiger partial charge in [0.05, 0.1) is 11.6 Å². The number of nitrogens with zero attached hydrogens (tertiary/aromatic N) is 1. The predicted octanol–water partition coefficient (Wildman–Crippen LogP) is 1.13. The van der Waals surface area contributed by atoms with Gasteiger partial charge in [0.2, 0.25) is 5.91 Å². The Morgan fingerprint density at radius 2 is 2.05 bits per heavy atom. The predicted molar refractivity (Wildman–Crippen MR) is 84.3 cm³/mol. The van der Waals surface area contributed by atoms with Gasteiger partial charge in [-0.1, -0.05) is 0 Å². The van der Waals surface area contributed by atoms with Crippen LogP contribution in [0.25, 0.3) is 0 Å². The van der Waals surface area contributed by atoms with Crippen LogP contribution in [0.4, 0.5) is 0 Å². The van der Waals surface area contributed by atoms with E-state index in [2.05, 4.69) is 15.5 Å². The number of hydrogen-bond acceptors (Lipinski definition) is 4. The van der Waals surface area contributed by atoms with Crippen molar-refractivity contribution >= 4 is 5.91 Å². The molecule has 2 rings (SSSR count). The highest BCUT2D eigenvalue weighted by atomic mass is 16.5. The van der Waals surface area contributed by atoms with Gasteiger partial charge in [0, 0.05) is 19.2 Å². The van der Waals surface area contributed by atoms with Crippen molar-refractivity contribution in [2.45, 2.75) is 64.1 Å². The molecule has 0 aromatic carbocycles. The van der Waals surface area contributed by atoms with Crippen molar-refractivity contribution < 1.29 is 9.53 Å². The highest BCUT2D eigenvalue weighted by Gasteiger charge is 2.36. The lowest BCUT2D eigenvalue weighted by atomic mass is 10.0. The molecule has 0 aromatic heterocycles. The van der Waals surface area contributed by atoms with Crippen LogP contribution in [0.2, 0.25) is 0 Å². The van der Waals surface area contributed by atoms with Crippen LogP contribution in [-0.2, 0) is 9.53 Å². The SMILES string of the molecule is CCOC(C)(C)CNC(=O)C1CCCN1C1CCNCC1. The molecule has 0 radical (unpaired) electrons. The summed E-state index contributed by atoms with van der Waals surface area (Å²) in [6.45, 7) is 10.5. The Balaban J connectivity index is 1.85. The summed E-state index contributed by atoms with van der Waals surface area (Å²) in [6, 6.07) is 0.634. The molecule has 2 fully saturated rings. The third kappa shape index (κ3) is 4.66. The minimum absolute atomic E-state index is 0.0607. The van der Waals surface area contributed by atoms with E-state index in [-0.39, 0.29) is 17.6 Å². The molecule has 1 atom stereocenters. The van der Waals surface area contributed by atoms with Gasteiger partial charge in [0.25, 0.3) is 0 Å². The molecule has 0 spiro atoms. The fourth-order valence-corrected chi connectivity index (χ4v) is 3.51. The number of ether oxygens (including phenoxy) is 1. The zero-order valence-corrected chi connectivity index (χ0v) is 13.8. The van der Waals surface area contributed by atoms with Crippen molar-refractivity contribution in [3.8, 4) is 0 Å². The van der Waals surface area contributed by atoms with Crippen LogP contribution in [0.5, 0.6) is 0 Å². The summed E-state index contributed by atoms with van der Waals surface area (Å²) in [6.07, 6.45) is 4.45. The maximum Gasteiger partial charge on any atom is 0.237 e. The van der Waals surface area contributed by atoms with Crippen LogP contribution in [0.3, 0.4) is 0 Å². The maximum atomic E-state index is 12.5. The highest BCUT2D eigenvalue weighted by molar-refractivity contribution is 5.82. The topological polar surface area (TPSA) is 53.6 Å². The Labute approximate surface area is 128 Å². The Morgan fingerprint density at radius 3 is 2.71 bits per heavy atom. The lowest BCUT2D eigenvalue weighted by Gasteiger charge is -2.35. The van der Waals surface area contributed by atoms with Crippen LogP contribution in [0.15, 0.2) is 0 Å². The Morgan fingerprint density at radius 1 is 1.33 bits per heavy atom. The summed E-state index contributed by atoms with van der Waals surface area (Å²) in [5.41, 5.74) is -0.289. The summed E-state index contributed by atoms with van der Waals surface area (Å²) in [4.78, 5) is 15.0. The molecule has 21 heavy (non-hydrogen) atoms. The molecule has 2 aliphatic rings. The van der Waals surface area contributed by atoms with E-state index in [1.807, 2.05) is 20.8 Å². The van der Waals surface area contributed by atoms with E-state index in [0.717, 1.165) is 45.3 Å². The first-order chi connectivity index (χ1) is 10.0. The number of hydrogen-bond donors (Lipinski definition) is 2. The molecule has 0 aliphatic carbocycles. The highest BCUT2D eigenvalue weighted by Crippen LogP contribution is 2.24. The zero-order valence-electron chi connectivity index (χ0n) is 13.8. The van der Waals surface area contributed by atoms with Gasteiger partial charge in [0.15, 0.2) is 0 Å². The van der Waals surface area contributed by atoms with Crippen molar-refractivity contribution in [3.63, 3.8) is 0 Å². The lowest BCUT2D eigenvalue weighted by Crippen LogP contribution is -2.52. The molecule has 1 unspecified atom stereocenters. The van der Waals surface area contributed by atoms with Gasteiger partial charge < -0.3 is 15.4 Å². The van der Waals surface area contributed by atoms with Crippen LogP contribution in [0, 0.1) is 0 Å². The summed E-state index contributed by atoms with van der Waals surface area (Å²) >= 11 is 0. The number of rotatable bonds is 6. The second kappa shape index (κ2) is 7.56. The molecule has 2 saturated heterocycles. The van der Waals surface area contributed by atoms with Gasteiger partial charge in [-0.05, 0) is 66.1 Å². The monoisotopic (exact) mass is 297 g/mol. The number of nitrogens with one attached hydrogen (secondary N) is 2. The van der Waals surface area contributed by atoms with Crippen LogP contribution >= 0.6 is 0 Å². The number of likely N-dealkylation sites (tertiary alicyclic amines) is 1. The third-order valence-corrected chi connectivity index (χ3v) is 4.60. The van der Waals surface area contributed by atoms with Crippen molar-refractivity contribution in [2.75, 3.05) is 32.8 Å². The fraction of sp³-hybridized carbons (Fsp3) is 0.938. The first-order valence-corrected chi connectivity index (χ1v) is 8.41. The van der Waals surface area contributed by atoms with E-state index < -0.39 is 0 Å². The lowest BCUT2D eigenvalue weighted by molar-refractivity contribution is -0.128. The largest absolute Gasteiger partial charge is 0.374 e. The quantitative estimate of drug-likeness (QED) is 0.772. The second-order valence-electron chi connectivity index (χ2n) is 6.79. The number of carbonyl (C=O) groups is 1. The van der Waals surface area contributed by atoms with Crippen molar-refractivity contribution in [3.05, 3.63) is 0 Å². The van der Waals surface area contributed by atoms with E-state index in [0.29, 0.717) is 19.2 Å². The van der Waals surface area contributed by atoms with Crippen molar-refractivity contribution in [1.82, 2.24) is 15.5 Å². The van der Waals surface area contributed by atoms with Crippen molar-refractivity contribution in [2.24, 2.45) is 0 Å². The molecule has 1 amide bonds. The average Bonchev–Trinajstić information content (AvgIpc) is 2.95. The number of piperidine rings is 1. The fourth-order valence-electron chi connectivity index (χ4n) is 3.51. The first-order valence-electron chi connectivity index (χ1n) is 8.41. The first kappa shape index (κ1) is 16.7. The van der Waals surface area contributed by atoms with Crippen LogP contribution in [0.1, 0.15) is 46.5 Å². The Hall–Kier alpha value is -0.650. The molecule has 0 bridgehead atoms. The molecule has 0 aromatic rings. The summed E-state index contributed by atoms with van der Waals surface area (Å²) in [5.74, 6) is 0.179. The summed E-state index contributed by atoms with van der Waals surface area (Å²) in [7, 11) is 0. The summed E-state index contributed by atoms with van der Waals surface area (Å²) in [5, 5.41) is 6.50. The van der Waals surface area contributed by atoms with E-state index >= 15 is 0 Å². The standard InChI is InChI=1S/C16H31N3O2/c1-4-21-16(2,3)12-18-15(20)14-6-5-11-19(14)13-7-9-17-10-8-13/h13-14,17H,4-12H2,1-3H3,(H,18,20). The minimum atomic E-state index is -0.289. The van der Waals surface area contributed by atoms with E-state index in [9.17, 15) is 4.79 Å². The Kier molecular flexibility index (Phi) is 6.02.